The fourth-order valence-corrected chi connectivity index (χ4v) is 4.56. The predicted molar refractivity (Wildman–Crippen MR) is 124 cm³/mol. The molecule has 0 radical (unpaired) electrons. The van der Waals surface area contributed by atoms with E-state index in [1.807, 2.05) is 65.5 Å². The van der Waals surface area contributed by atoms with Crippen molar-refractivity contribution in [2.24, 2.45) is 11.0 Å². The van der Waals surface area contributed by atoms with E-state index in [4.69, 9.17) is 21.4 Å². The third kappa shape index (κ3) is 4.70. The lowest BCUT2D eigenvalue weighted by Crippen LogP contribution is -2.46. The first-order valence-electron chi connectivity index (χ1n) is 10.9. The van der Waals surface area contributed by atoms with Crippen LogP contribution in [0, 0.1) is 5.92 Å². The molecule has 6 nitrogen and oxygen atoms in total. The molecule has 0 spiro atoms. The van der Waals surface area contributed by atoms with Crippen LogP contribution in [0.15, 0.2) is 53.6 Å². The van der Waals surface area contributed by atoms with Crippen molar-refractivity contribution < 1.29 is 9.53 Å². The van der Waals surface area contributed by atoms with Crippen LogP contribution < -0.4 is 15.2 Å². The van der Waals surface area contributed by atoms with Crippen molar-refractivity contribution in [1.82, 2.24) is 10.4 Å². The maximum absolute atomic E-state index is 13.2. The molecule has 2 aromatic carbocycles. The number of ether oxygens (including phenoxy) is 1. The average molecular weight is 441 g/mol. The Morgan fingerprint density at radius 2 is 1.74 bits per heavy atom. The van der Waals surface area contributed by atoms with E-state index in [1.54, 1.807) is 7.11 Å². The Hall–Kier alpha value is -2.57. The minimum atomic E-state index is -0.143. The summed E-state index contributed by atoms with van der Waals surface area (Å²) in [6.45, 7) is 3.81. The zero-order valence-electron chi connectivity index (χ0n) is 18.1. The number of anilines is 1. The number of hydrazine groups is 1. The van der Waals surface area contributed by atoms with Crippen LogP contribution in [0.3, 0.4) is 0 Å². The predicted octanol–water partition coefficient (Wildman–Crippen LogP) is 4.81. The molecule has 2 atom stereocenters. The van der Waals surface area contributed by atoms with Gasteiger partial charge in [-0.2, -0.15) is 5.10 Å². The molecule has 4 rings (SSSR count). The minimum Gasteiger partial charge on any atom is -0.497 e. The van der Waals surface area contributed by atoms with Gasteiger partial charge in [0.2, 0.25) is 0 Å². The van der Waals surface area contributed by atoms with Crippen LogP contribution in [0.25, 0.3) is 0 Å². The molecule has 2 heterocycles. The summed E-state index contributed by atoms with van der Waals surface area (Å²) in [6.07, 6.45) is 4.62. The van der Waals surface area contributed by atoms with Gasteiger partial charge in [-0.05, 0) is 42.7 Å². The Labute approximate surface area is 188 Å². The van der Waals surface area contributed by atoms with Crippen molar-refractivity contribution in [2.45, 2.75) is 38.6 Å². The second-order valence-electron chi connectivity index (χ2n) is 8.13. The molecule has 2 aliphatic rings. The van der Waals surface area contributed by atoms with Crippen LogP contribution in [0.1, 0.15) is 44.2 Å². The number of benzene rings is 2. The maximum Gasteiger partial charge on any atom is 0.282 e. The molecule has 1 fully saturated rings. The minimum absolute atomic E-state index is 0.114. The highest BCUT2D eigenvalue weighted by Gasteiger charge is 2.40. The maximum atomic E-state index is 13.2. The van der Waals surface area contributed by atoms with E-state index in [9.17, 15) is 4.79 Å². The van der Waals surface area contributed by atoms with Crippen molar-refractivity contribution in [3.05, 3.63) is 59.1 Å². The number of hydrazone groups is 1. The van der Waals surface area contributed by atoms with Crippen molar-refractivity contribution in [3.63, 3.8) is 0 Å². The second kappa shape index (κ2) is 9.71. The number of methoxy groups -OCH3 is 1. The summed E-state index contributed by atoms with van der Waals surface area (Å²) in [6, 6.07) is 15.4. The average Bonchev–Trinajstić information content (AvgIpc) is 2.94. The zero-order chi connectivity index (χ0) is 21.8. The number of nitrogens with one attached hydrogen (secondary N) is 1. The topological polar surface area (TPSA) is 57.2 Å². The number of rotatable bonds is 5. The van der Waals surface area contributed by atoms with Gasteiger partial charge in [0.25, 0.3) is 5.91 Å². The number of hydrogen-bond donors (Lipinski definition) is 1. The quantitative estimate of drug-likeness (QED) is 0.724. The highest BCUT2D eigenvalue weighted by molar-refractivity contribution is 6.40. The fraction of sp³-hybridized carbons (Fsp3) is 0.417. The summed E-state index contributed by atoms with van der Waals surface area (Å²) in [5.41, 5.74) is 5.45. The molecule has 2 aromatic rings. The van der Waals surface area contributed by atoms with Gasteiger partial charge < -0.3 is 4.74 Å². The molecule has 2 aliphatic heterocycles. The van der Waals surface area contributed by atoms with E-state index in [1.165, 1.54) is 12.8 Å². The van der Waals surface area contributed by atoms with Gasteiger partial charge in [0.15, 0.2) is 0 Å². The van der Waals surface area contributed by atoms with Gasteiger partial charge in [-0.15, -0.1) is 0 Å². The molecule has 1 amide bonds. The lowest BCUT2D eigenvalue weighted by atomic mass is 9.91. The molecule has 7 heteroatoms. The van der Waals surface area contributed by atoms with Gasteiger partial charge >= 0.3 is 0 Å². The van der Waals surface area contributed by atoms with E-state index in [0.29, 0.717) is 10.7 Å². The van der Waals surface area contributed by atoms with Gasteiger partial charge in [0.05, 0.1) is 23.9 Å². The Morgan fingerprint density at radius 3 is 2.39 bits per heavy atom. The van der Waals surface area contributed by atoms with Gasteiger partial charge in [0, 0.05) is 19.0 Å². The SMILES string of the molecule is COc1ccc([C@@H]2[C@@H](C)C(C(=O)NN3CCCCCC3)=NN2c2ccccc2Cl)cc1. The van der Waals surface area contributed by atoms with E-state index >= 15 is 0 Å². The standard InChI is InChI=1S/C24H29ClN4O2/c1-17-22(24(30)27-28-15-7-3-4-8-16-28)26-29(21-10-6-5-9-20(21)25)23(17)18-11-13-19(31-2)14-12-18/h5-6,9-14,17,23H,3-4,7-8,15-16H2,1-2H3,(H,27,30)/t17-,23-/m0/s1. The van der Waals surface area contributed by atoms with Crippen LogP contribution in [-0.2, 0) is 4.79 Å². The number of amides is 1. The molecule has 1 N–H and O–H groups in total. The highest BCUT2D eigenvalue weighted by atomic mass is 35.5. The molecule has 164 valence electrons. The number of para-hydroxylation sites is 1. The van der Waals surface area contributed by atoms with E-state index < -0.39 is 0 Å². The number of nitrogens with zero attached hydrogens (tertiary/aromatic N) is 3. The Balaban J connectivity index is 1.64. The summed E-state index contributed by atoms with van der Waals surface area (Å²) < 4.78 is 5.31. The normalized spacial score (nSPS) is 22.0. The molecule has 0 aliphatic carbocycles. The molecule has 0 bridgehead atoms. The number of halogens is 1. The Morgan fingerprint density at radius 1 is 1.06 bits per heavy atom. The van der Waals surface area contributed by atoms with Gasteiger partial charge in [-0.1, -0.05) is 55.6 Å². The molecular weight excluding hydrogens is 412 g/mol. The molecular formula is C24H29ClN4O2. The third-order valence-corrected chi connectivity index (χ3v) is 6.36. The van der Waals surface area contributed by atoms with Crippen LogP contribution in [0.5, 0.6) is 5.75 Å². The van der Waals surface area contributed by atoms with Crippen molar-refractivity contribution in [2.75, 3.05) is 25.2 Å². The van der Waals surface area contributed by atoms with E-state index in [-0.39, 0.29) is 17.9 Å². The first-order chi connectivity index (χ1) is 15.1. The monoisotopic (exact) mass is 440 g/mol. The summed E-state index contributed by atoms with van der Waals surface area (Å²) in [7, 11) is 1.65. The largest absolute Gasteiger partial charge is 0.497 e. The van der Waals surface area contributed by atoms with Gasteiger partial charge in [-0.3, -0.25) is 15.2 Å². The van der Waals surface area contributed by atoms with Crippen LogP contribution >= 0.6 is 11.6 Å². The first kappa shape index (κ1) is 21.7. The molecule has 0 saturated carbocycles. The van der Waals surface area contributed by atoms with Crippen LogP contribution in [0.4, 0.5) is 5.69 Å². The van der Waals surface area contributed by atoms with Gasteiger partial charge in [0.1, 0.15) is 11.5 Å². The number of carbonyl (C=O) groups excluding carboxylic acids is 1. The smallest absolute Gasteiger partial charge is 0.282 e. The zero-order valence-corrected chi connectivity index (χ0v) is 18.8. The summed E-state index contributed by atoms with van der Waals surface area (Å²) >= 11 is 6.51. The number of hydrogen-bond acceptors (Lipinski definition) is 5. The molecule has 0 unspecified atom stereocenters. The first-order valence-corrected chi connectivity index (χ1v) is 11.3. The van der Waals surface area contributed by atoms with Crippen molar-refractivity contribution in [1.29, 1.82) is 0 Å². The molecule has 1 saturated heterocycles. The Bertz CT molecular complexity index is 939. The van der Waals surface area contributed by atoms with Crippen LogP contribution in [-0.4, -0.2) is 36.8 Å². The molecule has 31 heavy (non-hydrogen) atoms. The number of carbonyl (C=O) groups is 1. The molecule has 0 aromatic heterocycles. The summed E-state index contributed by atoms with van der Waals surface area (Å²) in [5.74, 6) is 0.540. The van der Waals surface area contributed by atoms with Gasteiger partial charge in [-0.25, -0.2) is 5.01 Å². The van der Waals surface area contributed by atoms with Crippen molar-refractivity contribution in [3.8, 4) is 5.75 Å². The van der Waals surface area contributed by atoms with Crippen LogP contribution in [0.2, 0.25) is 5.02 Å². The Kier molecular flexibility index (Phi) is 6.78. The van der Waals surface area contributed by atoms with E-state index in [0.717, 1.165) is 42.9 Å². The lowest BCUT2D eigenvalue weighted by molar-refractivity contribution is -0.119. The highest BCUT2D eigenvalue weighted by Crippen LogP contribution is 2.41. The second-order valence-corrected chi connectivity index (χ2v) is 8.54. The lowest BCUT2D eigenvalue weighted by Gasteiger charge is -2.27. The van der Waals surface area contributed by atoms with E-state index in [2.05, 4.69) is 5.43 Å². The van der Waals surface area contributed by atoms with Crippen molar-refractivity contribution >= 4 is 28.9 Å². The third-order valence-electron chi connectivity index (χ3n) is 6.04. The summed E-state index contributed by atoms with van der Waals surface area (Å²) in [5, 5.41) is 9.30. The fourth-order valence-electron chi connectivity index (χ4n) is 4.34. The summed E-state index contributed by atoms with van der Waals surface area (Å²) in [4.78, 5) is 13.2.